The Labute approximate surface area is 195 Å². The molecular weight excluding hydrogens is 472 g/mol. The SMILES string of the molecule is COc1cc(NS(=O)(=O)c2ccc(NC(=O)COc3ccc(Cl)c(C)c3)cc2)nc(OC)n1. The van der Waals surface area contributed by atoms with Crippen LogP contribution in [0.4, 0.5) is 11.5 Å². The molecule has 0 atom stereocenters. The number of anilines is 2. The van der Waals surface area contributed by atoms with E-state index in [-0.39, 0.29) is 29.2 Å². The zero-order valence-electron chi connectivity index (χ0n) is 18.0. The Morgan fingerprint density at radius 3 is 2.39 bits per heavy atom. The van der Waals surface area contributed by atoms with E-state index in [0.29, 0.717) is 16.5 Å². The minimum atomic E-state index is -3.96. The van der Waals surface area contributed by atoms with E-state index < -0.39 is 15.9 Å². The van der Waals surface area contributed by atoms with Crippen LogP contribution >= 0.6 is 11.6 Å². The third-order valence-corrected chi connectivity index (χ3v) is 6.06. The van der Waals surface area contributed by atoms with Crippen LogP contribution in [0.1, 0.15) is 5.56 Å². The Hall–Kier alpha value is -3.57. The molecule has 0 saturated carbocycles. The van der Waals surface area contributed by atoms with Gasteiger partial charge >= 0.3 is 6.01 Å². The van der Waals surface area contributed by atoms with Gasteiger partial charge in [-0.1, -0.05) is 11.6 Å². The lowest BCUT2D eigenvalue weighted by molar-refractivity contribution is -0.118. The van der Waals surface area contributed by atoms with Gasteiger partial charge in [-0.3, -0.25) is 9.52 Å². The molecule has 3 rings (SSSR count). The van der Waals surface area contributed by atoms with Crippen molar-refractivity contribution in [1.29, 1.82) is 0 Å². The van der Waals surface area contributed by atoms with Crippen LogP contribution in [-0.2, 0) is 14.8 Å². The van der Waals surface area contributed by atoms with Crippen molar-refractivity contribution in [2.24, 2.45) is 0 Å². The summed E-state index contributed by atoms with van der Waals surface area (Å²) in [4.78, 5) is 20.0. The molecule has 0 fully saturated rings. The summed E-state index contributed by atoms with van der Waals surface area (Å²) >= 11 is 5.97. The molecule has 0 spiro atoms. The van der Waals surface area contributed by atoms with Crippen molar-refractivity contribution in [3.8, 4) is 17.6 Å². The number of nitrogens with one attached hydrogen (secondary N) is 2. The molecule has 0 aliphatic heterocycles. The summed E-state index contributed by atoms with van der Waals surface area (Å²) in [5, 5.41) is 3.24. The number of ether oxygens (including phenoxy) is 3. The van der Waals surface area contributed by atoms with Gasteiger partial charge in [-0.2, -0.15) is 9.97 Å². The lowest BCUT2D eigenvalue weighted by Crippen LogP contribution is -2.20. The second-order valence-electron chi connectivity index (χ2n) is 6.66. The minimum Gasteiger partial charge on any atom is -0.484 e. The van der Waals surface area contributed by atoms with Gasteiger partial charge in [0.2, 0.25) is 5.88 Å². The number of rotatable bonds is 9. The summed E-state index contributed by atoms with van der Waals surface area (Å²) in [7, 11) is -1.23. The number of hydrogen-bond donors (Lipinski definition) is 2. The number of benzene rings is 2. The van der Waals surface area contributed by atoms with Crippen molar-refractivity contribution in [2.75, 3.05) is 30.9 Å². The first kappa shape index (κ1) is 24.1. The number of hydrogen-bond acceptors (Lipinski definition) is 8. The number of halogens is 1. The summed E-state index contributed by atoms with van der Waals surface area (Å²) in [6.45, 7) is 1.61. The van der Waals surface area contributed by atoms with Crippen molar-refractivity contribution in [2.45, 2.75) is 11.8 Å². The van der Waals surface area contributed by atoms with E-state index in [1.54, 1.807) is 18.2 Å². The highest BCUT2D eigenvalue weighted by Crippen LogP contribution is 2.22. The molecule has 1 aromatic heterocycles. The lowest BCUT2D eigenvalue weighted by Gasteiger charge is -2.11. The predicted octanol–water partition coefficient (Wildman–Crippen LogP) is 3.27. The molecule has 2 N–H and O–H groups in total. The van der Waals surface area contributed by atoms with Gasteiger partial charge in [-0.15, -0.1) is 0 Å². The van der Waals surface area contributed by atoms with Crippen molar-refractivity contribution < 1.29 is 27.4 Å². The van der Waals surface area contributed by atoms with E-state index in [0.717, 1.165) is 5.56 Å². The number of sulfonamides is 1. The van der Waals surface area contributed by atoms with E-state index in [1.807, 2.05) is 6.92 Å². The summed E-state index contributed by atoms with van der Waals surface area (Å²) in [6.07, 6.45) is 0. The Morgan fingerprint density at radius 1 is 1.03 bits per heavy atom. The fraction of sp³-hybridized carbons (Fsp3) is 0.190. The molecule has 0 unspecified atom stereocenters. The van der Waals surface area contributed by atoms with E-state index in [1.165, 1.54) is 44.6 Å². The maximum atomic E-state index is 12.7. The first-order valence-electron chi connectivity index (χ1n) is 9.49. The van der Waals surface area contributed by atoms with E-state index in [9.17, 15) is 13.2 Å². The highest BCUT2D eigenvalue weighted by molar-refractivity contribution is 7.92. The number of nitrogens with zero attached hydrogens (tertiary/aromatic N) is 2. The van der Waals surface area contributed by atoms with Gasteiger partial charge in [-0.25, -0.2) is 8.42 Å². The third kappa shape index (κ3) is 6.46. The molecule has 12 heteroatoms. The fourth-order valence-corrected chi connectivity index (χ4v) is 3.73. The molecule has 33 heavy (non-hydrogen) atoms. The Kier molecular flexibility index (Phi) is 7.56. The third-order valence-electron chi connectivity index (χ3n) is 4.26. The standard InChI is InChI=1S/C21H21ClN4O6S/c1-13-10-15(6-9-17(13)22)32-12-19(27)23-14-4-7-16(8-5-14)33(28,29)26-18-11-20(30-2)25-21(24-18)31-3/h4-11H,12H2,1-3H3,(H,23,27)(H,24,25,26). The van der Waals surface area contributed by atoms with Crippen molar-refractivity contribution in [3.05, 3.63) is 59.1 Å². The van der Waals surface area contributed by atoms with Gasteiger partial charge in [0.25, 0.3) is 15.9 Å². The molecule has 0 bridgehead atoms. The van der Waals surface area contributed by atoms with Gasteiger partial charge in [0.05, 0.1) is 19.1 Å². The summed E-state index contributed by atoms with van der Waals surface area (Å²) in [5.74, 6) is 0.216. The van der Waals surface area contributed by atoms with Gasteiger partial charge < -0.3 is 19.5 Å². The van der Waals surface area contributed by atoms with Crippen LogP contribution in [0.3, 0.4) is 0 Å². The maximum absolute atomic E-state index is 12.7. The zero-order chi connectivity index (χ0) is 24.0. The Morgan fingerprint density at radius 2 is 1.76 bits per heavy atom. The highest BCUT2D eigenvalue weighted by atomic mass is 35.5. The van der Waals surface area contributed by atoms with Crippen LogP contribution in [0.2, 0.25) is 5.02 Å². The first-order chi connectivity index (χ1) is 15.7. The van der Waals surface area contributed by atoms with Gasteiger partial charge in [0, 0.05) is 16.8 Å². The Bertz CT molecular complexity index is 1230. The quantitative estimate of drug-likeness (QED) is 0.465. The second kappa shape index (κ2) is 10.4. The molecule has 3 aromatic rings. The smallest absolute Gasteiger partial charge is 0.321 e. The first-order valence-corrected chi connectivity index (χ1v) is 11.3. The van der Waals surface area contributed by atoms with Gasteiger partial charge in [0.1, 0.15) is 5.75 Å². The molecular formula is C21H21ClN4O6S. The van der Waals surface area contributed by atoms with Crippen LogP contribution in [-0.4, -0.2) is 45.1 Å². The van der Waals surface area contributed by atoms with E-state index >= 15 is 0 Å². The van der Waals surface area contributed by atoms with Gasteiger partial charge in [-0.05, 0) is 55.0 Å². The fourth-order valence-electron chi connectivity index (χ4n) is 2.62. The predicted molar refractivity (Wildman–Crippen MR) is 123 cm³/mol. The summed E-state index contributed by atoms with van der Waals surface area (Å²) in [6, 6.07) is 11.9. The number of methoxy groups -OCH3 is 2. The van der Waals surface area contributed by atoms with Gasteiger partial charge in [0.15, 0.2) is 12.4 Å². The molecule has 0 radical (unpaired) electrons. The molecule has 0 saturated heterocycles. The van der Waals surface area contributed by atoms with Crippen molar-refractivity contribution in [1.82, 2.24) is 9.97 Å². The molecule has 1 amide bonds. The number of aromatic nitrogens is 2. The van der Waals surface area contributed by atoms with Crippen LogP contribution < -0.4 is 24.2 Å². The zero-order valence-corrected chi connectivity index (χ0v) is 19.5. The van der Waals surface area contributed by atoms with Crippen molar-refractivity contribution >= 4 is 39.0 Å². The van der Waals surface area contributed by atoms with E-state index in [4.69, 9.17) is 25.8 Å². The summed E-state index contributed by atoms with van der Waals surface area (Å²) in [5.41, 5.74) is 1.24. The van der Waals surface area contributed by atoms with E-state index in [2.05, 4.69) is 20.0 Å². The number of aryl methyl sites for hydroxylation is 1. The molecule has 174 valence electrons. The average molecular weight is 493 g/mol. The molecule has 2 aromatic carbocycles. The highest BCUT2D eigenvalue weighted by Gasteiger charge is 2.17. The monoisotopic (exact) mass is 492 g/mol. The second-order valence-corrected chi connectivity index (χ2v) is 8.75. The van der Waals surface area contributed by atoms with Crippen LogP contribution in [0.5, 0.6) is 17.6 Å². The molecule has 0 aliphatic carbocycles. The number of carbonyl (C=O) groups excluding carboxylic acids is 1. The van der Waals surface area contributed by atoms with Crippen LogP contribution in [0, 0.1) is 6.92 Å². The largest absolute Gasteiger partial charge is 0.484 e. The van der Waals surface area contributed by atoms with Crippen molar-refractivity contribution in [3.63, 3.8) is 0 Å². The average Bonchev–Trinajstić information content (AvgIpc) is 2.79. The van der Waals surface area contributed by atoms with Crippen LogP contribution in [0.15, 0.2) is 53.4 Å². The Balaban J connectivity index is 1.62. The molecule has 10 nitrogen and oxygen atoms in total. The normalized spacial score (nSPS) is 10.9. The van der Waals surface area contributed by atoms with Crippen LogP contribution in [0.25, 0.3) is 0 Å². The molecule has 0 aliphatic rings. The topological polar surface area (TPSA) is 129 Å². The molecule has 1 heterocycles. The maximum Gasteiger partial charge on any atom is 0.321 e. The number of carbonyl (C=O) groups is 1. The summed E-state index contributed by atoms with van der Waals surface area (Å²) < 4.78 is 43.1. The minimum absolute atomic E-state index is 0.0225. The number of amides is 1. The lowest BCUT2D eigenvalue weighted by atomic mass is 10.2.